The molecule has 9 nitrogen and oxygen atoms in total. The van der Waals surface area contributed by atoms with E-state index in [9.17, 15) is 14.4 Å². The van der Waals surface area contributed by atoms with Gasteiger partial charge in [0.25, 0.3) is 5.56 Å². The second-order valence-corrected chi connectivity index (χ2v) is 10.6. The summed E-state index contributed by atoms with van der Waals surface area (Å²) in [7, 11) is 0. The van der Waals surface area contributed by atoms with Crippen molar-refractivity contribution in [2.45, 2.75) is 69.6 Å². The molecule has 2 fully saturated rings. The van der Waals surface area contributed by atoms with Crippen LogP contribution in [0.4, 0.5) is 5.82 Å². The number of anilines is 1. The molecular weight excluding hydrogens is 464 g/mol. The van der Waals surface area contributed by atoms with Gasteiger partial charge in [0.1, 0.15) is 11.4 Å². The number of benzene rings is 1. The lowest BCUT2D eigenvalue weighted by molar-refractivity contribution is 0.102. The Morgan fingerprint density at radius 2 is 1.91 bits per heavy atom. The topological polar surface area (TPSA) is 129 Å². The van der Waals surface area contributed by atoms with E-state index in [2.05, 4.69) is 32.7 Å². The molecule has 0 unspecified atom stereocenters. The number of carbonyl (C=O) groups excluding carboxylic acids is 1. The number of ketones is 1. The van der Waals surface area contributed by atoms with E-state index in [1.54, 1.807) is 0 Å². The minimum atomic E-state index is -0.738. The van der Waals surface area contributed by atoms with Gasteiger partial charge < -0.3 is 5.73 Å². The van der Waals surface area contributed by atoms with Crippen LogP contribution in [-0.2, 0) is 0 Å². The van der Waals surface area contributed by atoms with E-state index in [-0.39, 0.29) is 29.2 Å². The number of aryl methyl sites for hydroxylation is 1. The number of aromatic nitrogens is 5. The number of carbonyl (C=O) groups is 1. The minimum absolute atomic E-state index is 0.0246. The number of H-pyrrole nitrogens is 1. The van der Waals surface area contributed by atoms with Crippen LogP contribution in [0.5, 0.6) is 0 Å². The van der Waals surface area contributed by atoms with E-state index >= 15 is 0 Å². The Bertz CT molecular complexity index is 1390. The fourth-order valence-corrected chi connectivity index (χ4v) is 5.93. The normalized spacial score (nSPS) is 20.2. The summed E-state index contributed by atoms with van der Waals surface area (Å²) in [5.41, 5.74) is 6.81. The number of nitrogens with two attached hydrogens (primary N) is 1. The van der Waals surface area contributed by atoms with Gasteiger partial charge in [-0.3, -0.25) is 23.7 Å². The van der Waals surface area contributed by atoms with Crippen LogP contribution in [0.1, 0.15) is 73.5 Å². The molecule has 0 aliphatic heterocycles. The smallest absolute Gasteiger partial charge is 0.330 e. The van der Waals surface area contributed by atoms with Crippen LogP contribution in [0.15, 0.2) is 39.0 Å². The number of hydrogen-bond acceptors (Lipinski definition) is 7. The molecule has 2 heterocycles. The summed E-state index contributed by atoms with van der Waals surface area (Å²) in [4.78, 5) is 40.1. The quantitative estimate of drug-likeness (QED) is 0.378. The molecule has 2 aliphatic carbocycles. The van der Waals surface area contributed by atoms with Gasteiger partial charge >= 0.3 is 5.69 Å². The van der Waals surface area contributed by atoms with Gasteiger partial charge in [0, 0.05) is 17.6 Å². The molecule has 184 valence electrons. The molecule has 2 aliphatic rings. The summed E-state index contributed by atoms with van der Waals surface area (Å²) >= 11 is 1.26. The molecule has 2 atom stereocenters. The van der Waals surface area contributed by atoms with Gasteiger partial charge in [0.2, 0.25) is 0 Å². The Labute approximate surface area is 207 Å². The average molecular weight is 495 g/mol. The lowest BCUT2D eigenvalue weighted by Gasteiger charge is -2.31. The van der Waals surface area contributed by atoms with Crippen molar-refractivity contribution in [3.05, 3.63) is 56.2 Å². The Morgan fingerprint density at radius 3 is 2.63 bits per heavy atom. The standard InChI is InChI=1S/C25H30N6O3S/c1-14-6-5-8-16(12-14)22-28-29-25(31(22)18-9-4-3-7-15(18)2)35-13-19(32)20-21(26)30(17-10-11-17)24(34)27-23(20)33/h5-6,8,12,15,17-18H,3-4,7,9-11,13,26H2,1-2H3,(H,27,33,34)/t15-,18-/m0/s1. The van der Waals surface area contributed by atoms with Crippen LogP contribution >= 0.6 is 11.8 Å². The molecular formula is C25H30N6O3S. The zero-order valence-corrected chi connectivity index (χ0v) is 20.8. The molecule has 3 N–H and O–H groups in total. The molecule has 5 rings (SSSR count). The zero-order chi connectivity index (χ0) is 24.7. The summed E-state index contributed by atoms with van der Waals surface area (Å²) < 4.78 is 3.51. The van der Waals surface area contributed by atoms with Crippen LogP contribution in [0.25, 0.3) is 11.4 Å². The van der Waals surface area contributed by atoms with Gasteiger partial charge in [-0.05, 0) is 44.6 Å². The Hall–Kier alpha value is -3.14. The molecule has 35 heavy (non-hydrogen) atoms. The van der Waals surface area contributed by atoms with Crippen molar-refractivity contribution in [3.63, 3.8) is 0 Å². The second kappa shape index (κ2) is 9.49. The first-order valence-electron chi connectivity index (χ1n) is 12.2. The number of rotatable bonds is 7. The molecule has 2 aromatic heterocycles. The van der Waals surface area contributed by atoms with Crippen LogP contribution in [-0.4, -0.2) is 35.9 Å². The maximum atomic E-state index is 13.1. The van der Waals surface area contributed by atoms with Crippen LogP contribution in [0, 0.1) is 12.8 Å². The predicted molar refractivity (Wildman–Crippen MR) is 136 cm³/mol. The minimum Gasteiger partial charge on any atom is -0.384 e. The summed E-state index contributed by atoms with van der Waals surface area (Å²) in [6, 6.07) is 8.36. The fourth-order valence-electron chi connectivity index (χ4n) is 5.07. The van der Waals surface area contributed by atoms with Gasteiger partial charge in [-0.25, -0.2) is 4.79 Å². The lowest BCUT2D eigenvalue weighted by atomic mass is 9.85. The molecule has 0 spiro atoms. The Balaban J connectivity index is 1.47. The molecule has 0 saturated heterocycles. The monoisotopic (exact) mass is 494 g/mol. The second-order valence-electron chi connectivity index (χ2n) is 9.71. The van der Waals surface area contributed by atoms with Crippen molar-refractivity contribution >= 4 is 23.4 Å². The number of nitrogens with one attached hydrogen (secondary N) is 1. The van der Waals surface area contributed by atoms with Crippen molar-refractivity contribution in [1.82, 2.24) is 24.3 Å². The third-order valence-corrected chi connectivity index (χ3v) is 7.99. The Kier molecular flexibility index (Phi) is 6.39. The van der Waals surface area contributed by atoms with Crippen LogP contribution in [0.2, 0.25) is 0 Å². The maximum absolute atomic E-state index is 13.1. The van der Waals surface area contributed by atoms with E-state index in [0.29, 0.717) is 11.1 Å². The van der Waals surface area contributed by atoms with Gasteiger partial charge in [-0.15, -0.1) is 10.2 Å². The van der Waals surface area contributed by atoms with E-state index in [1.807, 2.05) is 25.1 Å². The number of hydrogen-bond donors (Lipinski definition) is 2. The third-order valence-electron chi connectivity index (χ3n) is 7.04. The van der Waals surface area contributed by atoms with E-state index in [4.69, 9.17) is 5.73 Å². The molecule has 1 aromatic carbocycles. The summed E-state index contributed by atoms with van der Waals surface area (Å²) in [5.74, 6) is 0.755. The molecule has 0 radical (unpaired) electrons. The summed E-state index contributed by atoms with van der Waals surface area (Å²) in [5, 5.41) is 9.64. The van der Waals surface area contributed by atoms with E-state index in [1.165, 1.54) is 22.7 Å². The number of nitrogen functional groups attached to an aromatic ring is 1. The average Bonchev–Trinajstić information content (AvgIpc) is 3.55. The van der Waals surface area contributed by atoms with E-state index in [0.717, 1.165) is 49.1 Å². The van der Waals surface area contributed by atoms with Gasteiger partial charge in [-0.1, -0.05) is 55.3 Å². The maximum Gasteiger partial charge on any atom is 0.330 e. The fraction of sp³-hybridized carbons (Fsp3) is 0.480. The lowest BCUT2D eigenvalue weighted by Crippen LogP contribution is -2.36. The molecule has 0 amide bonds. The first kappa shape index (κ1) is 23.6. The van der Waals surface area contributed by atoms with Crippen molar-refractivity contribution in [3.8, 4) is 11.4 Å². The third kappa shape index (κ3) is 4.59. The number of thioether (sulfide) groups is 1. The number of Topliss-reactive ketones (excluding diaryl/α,β-unsaturated/α-hetero) is 1. The number of aromatic amines is 1. The van der Waals surface area contributed by atoms with Crippen molar-refractivity contribution in [2.75, 3.05) is 11.5 Å². The molecule has 10 heteroatoms. The SMILES string of the molecule is Cc1cccc(-c2nnc(SCC(=O)c3c(N)n(C4CC4)c(=O)[nH]c3=O)n2[C@H]2CCCC[C@@H]2C)c1. The van der Waals surface area contributed by atoms with Crippen LogP contribution in [0.3, 0.4) is 0 Å². The van der Waals surface area contributed by atoms with Gasteiger partial charge in [0.15, 0.2) is 16.8 Å². The zero-order valence-electron chi connectivity index (χ0n) is 20.0. The Morgan fingerprint density at radius 1 is 1.14 bits per heavy atom. The first-order chi connectivity index (χ1) is 16.8. The highest BCUT2D eigenvalue weighted by Crippen LogP contribution is 2.39. The predicted octanol–water partition coefficient (Wildman–Crippen LogP) is 3.75. The summed E-state index contributed by atoms with van der Waals surface area (Å²) in [6.07, 6.45) is 6.12. The molecule has 0 bridgehead atoms. The summed E-state index contributed by atoms with van der Waals surface area (Å²) in [6.45, 7) is 4.30. The van der Waals surface area contributed by atoms with Gasteiger partial charge in [-0.2, -0.15) is 0 Å². The number of nitrogens with zero attached hydrogens (tertiary/aromatic N) is 4. The highest BCUT2D eigenvalue weighted by atomic mass is 32.2. The van der Waals surface area contributed by atoms with Crippen molar-refractivity contribution < 1.29 is 4.79 Å². The molecule has 3 aromatic rings. The van der Waals surface area contributed by atoms with Crippen molar-refractivity contribution in [2.24, 2.45) is 5.92 Å². The largest absolute Gasteiger partial charge is 0.384 e. The van der Waals surface area contributed by atoms with E-state index < -0.39 is 17.0 Å². The highest BCUT2D eigenvalue weighted by molar-refractivity contribution is 7.99. The van der Waals surface area contributed by atoms with Gasteiger partial charge in [0.05, 0.1) is 5.75 Å². The molecule has 2 saturated carbocycles. The highest BCUT2D eigenvalue weighted by Gasteiger charge is 2.31. The van der Waals surface area contributed by atoms with Crippen molar-refractivity contribution in [1.29, 1.82) is 0 Å². The first-order valence-corrected chi connectivity index (χ1v) is 13.2. The van der Waals surface area contributed by atoms with Crippen LogP contribution < -0.4 is 17.0 Å².